The summed E-state index contributed by atoms with van der Waals surface area (Å²) in [5, 5.41) is 21.9. The molecule has 1 amide bonds. The van der Waals surface area contributed by atoms with Crippen LogP contribution in [-0.4, -0.2) is 44.4 Å². The van der Waals surface area contributed by atoms with E-state index in [1.807, 2.05) is 35.6 Å². The van der Waals surface area contributed by atoms with Crippen molar-refractivity contribution >= 4 is 45.9 Å². The number of aryl methyl sites for hydroxylation is 1. The first-order chi connectivity index (χ1) is 14.5. The van der Waals surface area contributed by atoms with Gasteiger partial charge in [0.25, 0.3) is 0 Å². The number of carbonyl (C=O) groups excluding carboxylic acids is 1. The number of thioether (sulfide) groups is 1. The van der Waals surface area contributed by atoms with Crippen LogP contribution < -0.4 is 10.1 Å². The summed E-state index contributed by atoms with van der Waals surface area (Å²) in [7, 11) is 1.62. The molecule has 0 atom stereocenters. The Labute approximate surface area is 175 Å². The average molecular weight is 422 g/mol. The number of fused-ring (bicyclic) bond motifs is 3. The zero-order chi connectivity index (χ0) is 21.3. The quantitative estimate of drug-likeness (QED) is 0.457. The van der Waals surface area contributed by atoms with E-state index in [2.05, 4.69) is 15.5 Å². The monoisotopic (exact) mass is 422 g/mol. The van der Waals surface area contributed by atoms with Gasteiger partial charge in [0.1, 0.15) is 5.75 Å². The number of hydrogen-bond donors (Lipinski definition) is 2. The number of rotatable bonds is 6. The predicted octanol–water partition coefficient (Wildman–Crippen LogP) is 3.63. The highest BCUT2D eigenvalue weighted by Crippen LogP contribution is 2.28. The Morgan fingerprint density at radius 2 is 2.00 bits per heavy atom. The van der Waals surface area contributed by atoms with Crippen molar-refractivity contribution in [1.82, 2.24) is 14.6 Å². The summed E-state index contributed by atoms with van der Waals surface area (Å²) in [6.07, 6.45) is 0. The van der Waals surface area contributed by atoms with Gasteiger partial charge in [-0.2, -0.15) is 0 Å². The van der Waals surface area contributed by atoms with Crippen LogP contribution in [0.3, 0.4) is 0 Å². The largest absolute Gasteiger partial charge is 0.497 e. The minimum absolute atomic E-state index is 0.101. The van der Waals surface area contributed by atoms with E-state index in [1.54, 1.807) is 19.2 Å². The van der Waals surface area contributed by atoms with Gasteiger partial charge in [0, 0.05) is 11.1 Å². The molecule has 0 aliphatic rings. The number of anilines is 1. The second-order valence-corrected chi connectivity index (χ2v) is 7.56. The van der Waals surface area contributed by atoms with Gasteiger partial charge >= 0.3 is 5.97 Å². The lowest BCUT2D eigenvalue weighted by molar-refractivity contribution is -0.113. The summed E-state index contributed by atoms with van der Waals surface area (Å²) in [5.41, 5.74) is 3.15. The van der Waals surface area contributed by atoms with Gasteiger partial charge in [0.2, 0.25) is 5.91 Å². The Hall–Kier alpha value is -3.59. The number of carboxylic acid groups (broad SMARTS) is 1. The van der Waals surface area contributed by atoms with Crippen LogP contribution in [0.15, 0.2) is 53.7 Å². The van der Waals surface area contributed by atoms with Crippen LogP contribution in [0, 0.1) is 6.92 Å². The highest BCUT2D eigenvalue weighted by molar-refractivity contribution is 7.99. The maximum atomic E-state index is 12.4. The van der Waals surface area contributed by atoms with Gasteiger partial charge in [-0.05, 0) is 55.0 Å². The first-order valence-electron chi connectivity index (χ1n) is 9.05. The van der Waals surface area contributed by atoms with Crippen LogP contribution >= 0.6 is 11.8 Å². The number of nitrogens with zero attached hydrogens (tertiary/aromatic N) is 3. The van der Waals surface area contributed by atoms with Gasteiger partial charge in [-0.15, -0.1) is 10.2 Å². The number of aromatic carboxylic acids is 1. The number of amides is 1. The van der Waals surface area contributed by atoms with Crippen molar-refractivity contribution in [2.75, 3.05) is 18.2 Å². The Morgan fingerprint density at radius 3 is 2.77 bits per heavy atom. The predicted molar refractivity (Wildman–Crippen MR) is 115 cm³/mol. The number of pyridine rings is 1. The summed E-state index contributed by atoms with van der Waals surface area (Å²) in [4.78, 5) is 23.5. The second-order valence-electron chi connectivity index (χ2n) is 6.62. The van der Waals surface area contributed by atoms with Crippen molar-refractivity contribution < 1.29 is 19.4 Å². The summed E-state index contributed by atoms with van der Waals surface area (Å²) in [5.74, 6) is -0.456. The van der Waals surface area contributed by atoms with Gasteiger partial charge in [-0.3, -0.25) is 9.20 Å². The lowest BCUT2D eigenvalue weighted by atomic mass is 10.1. The number of nitrogens with one attached hydrogen (secondary N) is 1. The van der Waals surface area contributed by atoms with Gasteiger partial charge in [0.15, 0.2) is 10.8 Å². The van der Waals surface area contributed by atoms with E-state index in [1.165, 1.54) is 23.9 Å². The molecule has 0 aliphatic carbocycles. The third-order valence-corrected chi connectivity index (χ3v) is 5.49. The first kappa shape index (κ1) is 19.7. The number of carbonyl (C=O) groups is 2. The number of benzene rings is 2. The molecule has 30 heavy (non-hydrogen) atoms. The fraction of sp³-hybridized carbons (Fsp3) is 0.143. The van der Waals surface area contributed by atoms with E-state index in [0.29, 0.717) is 10.8 Å². The molecule has 9 heteroatoms. The molecule has 2 N–H and O–H groups in total. The molecular weight excluding hydrogens is 404 g/mol. The van der Waals surface area contributed by atoms with E-state index in [0.717, 1.165) is 27.9 Å². The standard InChI is InChI=1S/C21H18N4O4S/c1-12-8-14-10-16(29-2)6-7-17(14)25-19(12)23-24-21(25)30-11-18(26)22-15-5-3-4-13(9-15)20(27)28/h3-10H,11H2,1-2H3,(H,22,26)(H,27,28). The molecule has 0 bridgehead atoms. The summed E-state index contributed by atoms with van der Waals surface area (Å²) in [6, 6.07) is 13.9. The number of carboxylic acids is 1. The maximum Gasteiger partial charge on any atom is 0.335 e. The number of aromatic nitrogens is 3. The minimum Gasteiger partial charge on any atom is -0.497 e. The Kier molecular flexibility index (Phi) is 5.28. The Bertz CT molecular complexity index is 1280. The SMILES string of the molecule is COc1ccc2c(c1)cc(C)c1nnc(SCC(=O)Nc3cccc(C(=O)O)c3)n12. The smallest absolute Gasteiger partial charge is 0.335 e. The summed E-state index contributed by atoms with van der Waals surface area (Å²) < 4.78 is 7.23. The highest BCUT2D eigenvalue weighted by Gasteiger charge is 2.15. The normalized spacial score (nSPS) is 11.0. The second kappa shape index (κ2) is 8.03. The highest BCUT2D eigenvalue weighted by atomic mass is 32.2. The molecule has 8 nitrogen and oxygen atoms in total. The van der Waals surface area contributed by atoms with E-state index in [-0.39, 0.29) is 17.2 Å². The van der Waals surface area contributed by atoms with Crippen LogP contribution in [0.5, 0.6) is 5.75 Å². The zero-order valence-electron chi connectivity index (χ0n) is 16.2. The molecule has 0 aliphatic heterocycles. The van der Waals surface area contributed by atoms with E-state index in [9.17, 15) is 9.59 Å². The van der Waals surface area contributed by atoms with Crippen molar-refractivity contribution in [3.8, 4) is 5.75 Å². The fourth-order valence-electron chi connectivity index (χ4n) is 3.17. The van der Waals surface area contributed by atoms with Crippen LogP contribution in [0.4, 0.5) is 5.69 Å². The molecule has 0 saturated carbocycles. The number of methoxy groups -OCH3 is 1. The van der Waals surface area contributed by atoms with Gasteiger partial charge in [-0.25, -0.2) is 4.79 Å². The number of ether oxygens (including phenoxy) is 1. The third kappa shape index (κ3) is 3.79. The van der Waals surface area contributed by atoms with Gasteiger partial charge < -0.3 is 15.2 Å². The first-order valence-corrected chi connectivity index (χ1v) is 10.0. The Morgan fingerprint density at radius 1 is 1.17 bits per heavy atom. The minimum atomic E-state index is -1.05. The molecule has 0 fully saturated rings. The van der Waals surface area contributed by atoms with Crippen LogP contribution in [0.1, 0.15) is 15.9 Å². The lowest BCUT2D eigenvalue weighted by Crippen LogP contribution is -2.14. The fourth-order valence-corrected chi connectivity index (χ4v) is 3.91. The van der Waals surface area contributed by atoms with E-state index in [4.69, 9.17) is 9.84 Å². The van der Waals surface area contributed by atoms with E-state index < -0.39 is 5.97 Å². The zero-order valence-corrected chi connectivity index (χ0v) is 17.1. The molecule has 4 aromatic rings. The average Bonchev–Trinajstić information content (AvgIpc) is 3.17. The third-order valence-electron chi connectivity index (χ3n) is 4.56. The molecule has 2 aromatic heterocycles. The van der Waals surface area contributed by atoms with Crippen LogP contribution in [0.2, 0.25) is 0 Å². The van der Waals surface area contributed by atoms with E-state index >= 15 is 0 Å². The lowest BCUT2D eigenvalue weighted by Gasteiger charge is -2.09. The van der Waals surface area contributed by atoms with Crippen LogP contribution in [-0.2, 0) is 4.79 Å². The molecule has 0 radical (unpaired) electrons. The molecule has 4 rings (SSSR count). The molecule has 0 spiro atoms. The van der Waals surface area contributed by atoms with Crippen molar-refractivity contribution in [2.45, 2.75) is 12.1 Å². The summed E-state index contributed by atoms with van der Waals surface area (Å²) in [6.45, 7) is 1.96. The molecule has 0 unspecified atom stereocenters. The van der Waals surface area contributed by atoms with Crippen molar-refractivity contribution in [1.29, 1.82) is 0 Å². The number of hydrogen-bond acceptors (Lipinski definition) is 6. The molecule has 2 heterocycles. The Balaban J connectivity index is 1.57. The molecule has 2 aromatic carbocycles. The van der Waals surface area contributed by atoms with Gasteiger partial charge in [-0.1, -0.05) is 17.8 Å². The van der Waals surface area contributed by atoms with Crippen LogP contribution in [0.25, 0.3) is 16.6 Å². The maximum absolute atomic E-state index is 12.4. The topological polar surface area (TPSA) is 106 Å². The van der Waals surface area contributed by atoms with Crippen molar-refractivity contribution in [3.05, 3.63) is 59.7 Å². The summed E-state index contributed by atoms with van der Waals surface area (Å²) >= 11 is 1.26. The van der Waals surface area contributed by atoms with Crippen molar-refractivity contribution in [3.63, 3.8) is 0 Å². The van der Waals surface area contributed by atoms with Gasteiger partial charge in [0.05, 0.1) is 23.9 Å². The molecule has 0 saturated heterocycles. The van der Waals surface area contributed by atoms with Crippen molar-refractivity contribution in [2.24, 2.45) is 0 Å². The molecular formula is C21H18N4O4S. The molecule has 152 valence electrons.